The van der Waals surface area contributed by atoms with Crippen LogP contribution in [0.3, 0.4) is 0 Å². The zero-order chi connectivity index (χ0) is 16.8. The van der Waals surface area contributed by atoms with Crippen LogP contribution in [0.15, 0.2) is 58.1 Å². The molecular formula is C16H10BrFN2O3. The van der Waals surface area contributed by atoms with Crippen LogP contribution in [0, 0.1) is 5.82 Å². The van der Waals surface area contributed by atoms with Crippen LogP contribution in [-0.4, -0.2) is 15.7 Å². The Labute approximate surface area is 138 Å². The third kappa shape index (κ3) is 3.77. The van der Waals surface area contributed by atoms with Gasteiger partial charge in [0.15, 0.2) is 5.82 Å². The highest BCUT2D eigenvalue weighted by molar-refractivity contribution is 9.10. The SMILES string of the molecule is O=C=O.O=c1c2c(F)c(Br)ccc2ncn1Cc1ccccc1. The van der Waals surface area contributed by atoms with E-state index in [-0.39, 0.29) is 21.6 Å². The molecule has 0 radical (unpaired) electrons. The van der Waals surface area contributed by atoms with Crippen LogP contribution in [0.1, 0.15) is 5.56 Å². The van der Waals surface area contributed by atoms with Gasteiger partial charge in [-0.1, -0.05) is 30.3 Å². The first-order valence-electron chi connectivity index (χ1n) is 6.45. The van der Waals surface area contributed by atoms with Crippen molar-refractivity contribution in [1.29, 1.82) is 0 Å². The summed E-state index contributed by atoms with van der Waals surface area (Å²) in [6.45, 7) is 0.370. The van der Waals surface area contributed by atoms with Crippen molar-refractivity contribution in [3.63, 3.8) is 0 Å². The van der Waals surface area contributed by atoms with E-state index in [0.717, 1.165) is 5.56 Å². The summed E-state index contributed by atoms with van der Waals surface area (Å²) in [6, 6.07) is 12.7. The van der Waals surface area contributed by atoms with Crippen molar-refractivity contribution in [1.82, 2.24) is 9.55 Å². The highest BCUT2D eigenvalue weighted by Gasteiger charge is 2.12. The first-order chi connectivity index (χ1) is 11.1. The Bertz CT molecular complexity index is 920. The molecule has 2 aromatic carbocycles. The number of nitrogens with zero attached hydrogens (tertiary/aromatic N) is 2. The van der Waals surface area contributed by atoms with Crippen LogP contribution in [0.4, 0.5) is 4.39 Å². The third-order valence-electron chi connectivity index (χ3n) is 3.08. The number of benzene rings is 2. The second-order valence-electron chi connectivity index (χ2n) is 4.50. The molecule has 23 heavy (non-hydrogen) atoms. The molecule has 0 fully saturated rings. The van der Waals surface area contributed by atoms with Gasteiger partial charge in [0, 0.05) is 0 Å². The molecule has 0 amide bonds. The number of rotatable bonds is 2. The van der Waals surface area contributed by atoms with Gasteiger partial charge in [0.1, 0.15) is 5.39 Å². The summed E-state index contributed by atoms with van der Waals surface area (Å²) in [7, 11) is 0. The minimum absolute atomic E-state index is 0.0119. The molecule has 0 atom stereocenters. The van der Waals surface area contributed by atoms with Gasteiger partial charge in [-0.05, 0) is 33.6 Å². The standard InChI is InChI=1S/C15H10BrFN2O.CO2/c16-11-6-7-12-13(14(11)17)15(20)19(9-18-12)8-10-4-2-1-3-5-10;2-1-3/h1-7,9H,8H2;. The average molecular weight is 377 g/mol. The Morgan fingerprint density at radius 3 is 2.43 bits per heavy atom. The van der Waals surface area contributed by atoms with Crippen molar-refractivity contribution in [3.8, 4) is 0 Å². The van der Waals surface area contributed by atoms with Gasteiger partial charge in [-0.2, -0.15) is 9.59 Å². The maximum Gasteiger partial charge on any atom is 0.373 e. The Morgan fingerprint density at radius 2 is 1.78 bits per heavy atom. The Morgan fingerprint density at radius 1 is 1.13 bits per heavy atom. The molecule has 0 aliphatic rings. The van der Waals surface area contributed by atoms with E-state index < -0.39 is 5.82 Å². The highest BCUT2D eigenvalue weighted by Crippen LogP contribution is 2.21. The largest absolute Gasteiger partial charge is 0.373 e. The summed E-state index contributed by atoms with van der Waals surface area (Å²) >= 11 is 3.09. The van der Waals surface area contributed by atoms with E-state index >= 15 is 0 Å². The van der Waals surface area contributed by atoms with Crippen LogP contribution in [0.2, 0.25) is 0 Å². The maximum atomic E-state index is 14.1. The molecule has 0 N–H and O–H groups in total. The summed E-state index contributed by atoms with van der Waals surface area (Å²) in [6.07, 6.45) is 1.70. The quantitative estimate of drug-likeness (QED) is 0.689. The molecule has 0 saturated carbocycles. The van der Waals surface area contributed by atoms with Crippen molar-refractivity contribution >= 4 is 33.0 Å². The Kier molecular flexibility index (Phi) is 5.51. The van der Waals surface area contributed by atoms with Crippen molar-refractivity contribution in [2.75, 3.05) is 0 Å². The zero-order valence-electron chi connectivity index (χ0n) is 11.7. The van der Waals surface area contributed by atoms with Gasteiger partial charge in [-0.25, -0.2) is 9.37 Å². The average Bonchev–Trinajstić information content (AvgIpc) is 2.55. The van der Waals surface area contributed by atoms with E-state index in [1.807, 2.05) is 30.3 Å². The fourth-order valence-electron chi connectivity index (χ4n) is 2.07. The molecule has 0 saturated heterocycles. The summed E-state index contributed by atoms with van der Waals surface area (Å²) in [4.78, 5) is 32.8. The lowest BCUT2D eigenvalue weighted by Crippen LogP contribution is -2.22. The molecule has 0 aliphatic heterocycles. The smallest absolute Gasteiger partial charge is 0.294 e. The first kappa shape index (κ1) is 16.7. The molecule has 3 aromatic rings. The van der Waals surface area contributed by atoms with Gasteiger partial charge in [0.05, 0.1) is 22.9 Å². The molecule has 3 rings (SSSR count). The lowest BCUT2D eigenvalue weighted by molar-refractivity contribution is -0.191. The Balaban J connectivity index is 0.000000595. The number of aromatic nitrogens is 2. The summed E-state index contributed by atoms with van der Waals surface area (Å²) in [5.41, 5.74) is 0.948. The predicted molar refractivity (Wildman–Crippen MR) is 84.2 cm³/mol. The maximum absolute atomic E-state index is 14.1. The Hall–Kier alpha value is -2.63. The van der Waals surface area contributed by atoms with Crippen LogP contribution in [0.5, 0.6) is 0 Å². The normalized spacial score (nSPS) is 9.83. The van der Waals surface area contributed by atoms with Gasteiger partial charge in [-0.3, -0.25) is 9.36 Å². The monoisotopic (exact) mass is 376 g/mol. The molecule has 116 valence electrons. The molecule has 0 bridgehead atoms. The first-order valence-corrected chi connectivity index (χ1v) is 7.24. The number of fused-ring (bicyclic) bond motifs is 1. The van der Waals surface area contributed by atoms with Crippen LogP contribution < -0.4 is 5.56 Å². The minimum Gasteiger partial charge on any atom is -0.294 e. The molecule has 1 aromatic heterocycles. The van der Waals surface area contributed by atoms with E-state index in [1.165, 1.54) is 10.9 Å². The van der Waals surface area contributed by atoms with Gasteiger partial charge in [0.2, 0.25) is 0 Å². The van der Waals surface area contributed by atoms with E-state index in [9.17, 15) is 9.18 Å². The van der Waals surface area contributed by atoms with Gasteiger partial charge in [0.25, 0.3) is 5.56 Å². The lowest BCUT2D eigenvalue weighted by Gasteiger charge is -2.07. The van der Waals surface area contributed by atoms with Gasteiger partial charge < -0.3 is 0 Å². The van der Waals surface area contributed by atoms with Crippen molar-refractivity contribution in [2.24, 2.45) is 0 Å². The summed E-state index contributed by atoms with van der Waals surface area (Å²) in [5, 5.41) is 0.0119. The molecular weight excluding hydrogens is 367 g/mol. The minimum atomic E-state index is -0.567. The van der Waals surface area contributed by atoms with E-state index in [4.69, 9.17) is 9.59 Å². The fourth-order valence-corrected chi connectivity index (χ4v) is 2.40. The number of halogens is 2. The second-order valence-corrected chi connectivity index (χ2v) is 5.36. The topological polar surface area (TPSA) is 69.0 Å². The van der Waals surface area contributed by atoms with E-state index in [1.54, 1.807) is 12.1 Å². The fraction of sp³-hybridized carbons (Fsp3) is 0.0625. The van der Waals surface area contributed by atoms with Crippen LogP contribution in [-0.2, 0) is 16.1 Å². The molecule has 7 heteroatoms. The second kappa shape index (κ2) is 7.58. The number of hydrogen-bond acceptors (Lipinski definition) is 4. The summed E-state index contributed by atoms with van der Waals surface area (Å²) < 4.78 is 15.8. The third-order valence-corrected chi connectivity index (χ3v) is 3.69. The highest BCUT2D eigenvalue weighted by atomic mass is 79.9. The number of carbonyl (C=O) groups excluding carboxylic acids is 2. The molecule has 5 nitrogen and oxygen atoms in total. The lowest BCUT2D eigenvalue weighted by atomic mass is 10.2. The predicted octanol–water partition coefficient (Wildman–Crippen LogP) is 2.76. The van der Waals surface area contributed by atoms with Crippen LogP contribution >= 0.6 is 15.9 Å². The number of hydrogen-bond donors (Lipinski definition) is 0. The van der Waals surface area contributed by atoms with E-state index in [2.05, 4.69) is 20.9 Å². The molecule has 0 spiro atoms. The van der Waals surface area contributed by atoms with Crippen LogP contribution in [0.25, 0.3) is 10.9 Å². The van der Waals surface area contributed by atoms with Gasteiger partial charge in [-0.15, -0.1) is 0 Å². The molecule has 0 aliphatic carbocycles. The van der Waals surface area contributed by atoms with Crippen molar-refractivity contribution in [2.45, 2.75) is 6.54 Å². The van der Waals surface area contributed by atoms with E-state index in [0.29, 0.717) is 12.1 Å². The molecule has 0 unspecified atom stereocenters. The summed E-state index contributed by atoms with van der Waals surface area (Å²) in [5.74, 6) is -0.567. The van der Waals surface area contributed by atoms with Crippen molar-refractivity contribution < 1.29 is 14.0 Å². The molecule has 1 heterocycles. The van der Waals surface area contributed by atoms with Crippen molar-refractivity contribution in [3.05, 3.63) is 75.0 Å². The zero-order valence-corrected chi connectivity index (χ0v) is 13.3. The van der Waals surface area contributed by atoms with Gasteiger partial charge >= 0.3 is 6.15 Å².